The largest absolute Gasteiger partial charge is 0.399 e. The summed E-state index contributed by atoms with van der Waals surface area (Å²) in [6, 6.07) is 13.2. The van der Waals surface area contributed by atoms with Gasteiger partial charge < -0.3 is 10.6 Å². The zero-order valence-electron chi connectivity index (χ0n) is 13.2. The Morgan fingerprint density at radius 3 is 2.61 bits per heavy atom. The molecular weight excluding hydrogens is 288 g/mol. The first-order valence-electron chi connectivity index (χ1n) is 7.99. The molecule has 5 heteroatoms. The lowest BCUT2D eigenvalue weighted by atomic mass is 10.1. The molecule has 1 aliphatic rings. The second-order valence-corrected chi connectivity index (χ2v) is 5.82. The Morgan fingerprint density at radius 2 is 1.91 bits per heavy atom. The SMILES string of the molecule is Nc1cccc(C(=O)CCN2CCN(c3ccccn3)CC2)c1. The number of rotatable bonds is 5. The number of hydrogen-bond donors (Lipinski definition) is 1. The van der Waals surface area contributed by atoms with Crippen LogP contribution in [0.4, 0.5) is 11.5 Å². The predicted molar refractivity (Wildman–Crippen MR) is 92.7 cm³/mol. The fourth-order valence-corrected chi connectivity index (χ4v) is 2.86. The molecule has 1 saturated heterocycles. The van der Waals surface area contributed by atoms with Crippen molar-refractivity contribution in [1.29, 1.82) is 0 Å². The molecule has 2 N–H and O–H groups in total. The summed E-state index contributed by atoms with van der Waals surface area (Å²) in [4.78, 5) is 21.2. The number of nitrogen functional groups attached to an aromatic ring is 1. The maximum Gasteiger partial charge on any atom is 0.164 e. The number of aromatic nitrogens is 1. The Kier molecular flexibility index (Phi) is 4.88. The van der Waals surface area contributed by atoms with Gasteiger partial charge in [-0.3, -0.25) is 9.69 Å². The van der Waals surface area contributed by atoms with Gasteiger partial charge in [-0.1, -0.05) is 18.2 Å². The summed E-state index contributed by atoms with van der Waals surface area (Å²) in [6.07, 6.45) is 2.36. The highest BCUT2D eigenvalue weighted by molar-refractivity contribution is 5.96. The van der Waals surface area contributed by atoms with Crippen LogP contribution in [0.5, 0.6) is 0 Å². The molecule has 0 amide bonds. The summed E-state index contributed by atoms with van der Waals surface area (Å²) in [6.45, 7) is 4.61. The molecule has 0 unspecified atom stereocenters. The van der Waals surface area contributed by atoms with Crippen LogP contribution < -0.4 is 10.6 Å². The molecule has 2 heterocycles. The highest BCUT2D eigenvalue weighted by Gasteiger charge is 2.18. The van der Waals surface area contributed by atoms with E-state index < -0.39 is 0 Å². The van der Waals surface area contributed by atoms with Gasteiger partial charge in [0.2, 0.25) is 0 Å². The quantitative estimate of drug-likeness (QED) is 0.676. The van der Waals surface area contributed by atoms with Crippen LogP contribution in [0.15, 0.2) is 48.7 Å². The highest BCUT2D eigenvalue weighted by atomic mass is 16.1. The molecule has 0 atom stereocenters. The predicted octanol–water partition coefficient (Wildman–Crippen LogP) is 2.06. The first kappa shape index (κ1) is 15.5. The van der Waals surface area contributed by atoms with Crippen molar-refractivity contribution in [2.45, 2.75) is 6.42 Å². The lowest BCUT2D eigenvalue weighted by Gasteiger charge is -2.35. The van der Waals surface area contributed by atoms with E-state index in [0.29, 0.717) is 17.7 Å². The van der Waals surface area contributed by atoms with E-state index in [-0.39, 0.29) is 5.78 Å². The molecule has 3 rings (SSSR count). The van der Waals surface area contributed by atoms with Gasteiger partial charge in [0.15, 0.2) is 5.78 Å². The van der Waals surface area contributed by atoms with Crippen LogP contribution in [0, 0.1) is 0 Å². The summed E-state index contributed by atoms with van der Waals surface area (Å²) in [7, 11) is 0. The van der Waals surface area contributed by atoms with Crippen LogP contribution in [-0.2, 0) is 0 Å². The lowest BCUT2D eigenvalue weighted by Crippen LogP contribution is -2.47. The van der Waals surface area contributed by atoms with Gasteiger partial charge in [-0.2, -0.15) is 0 Å². The van der Waals surface area contributed by atoms with Gasteiger partial charge in [-0.25, -0.2) is 4.98 Å². The van der Waals surface area contributed by atoms with Gasteiger partial charge in [0.05, 0.1) is 0 Å². The molecule has 0 radical (unpaired) electrons. The summed E-state index contributed by atoms with van der Waals surface area (Å²) in [5.74, 6) is 1.19. The molecule has 0 bridgehead atoms. The van der Waals surface area contributed by atoms with Crippen LogP contribution in [-0.4, -0.2) is 48.4 Å². The molecule has 1 aromatic heterocycles. The van der Waals surface area contributed by atoms with Crippen LogP contribution in [0.1, 0.15) is 16.8 Å². The third-order valence-electron chi connectivity index (χ3n) is 4.21. The Balaban J connectivity index is 1.47. The Hall–Kier alpha value is -2.40. The normalized spacial score (nSPS) is 15.6. The van der Waals surface area contributed by atoms with Crippen LogP contribution >= 0.6 is 0 Å². The number of carbonyl (C=O) groups is 1. The van der Waals surface area contributed by atoms with Crippen LogP contribution in [0.25, 0.3) is 0 Å². The van der Waals surface area contributed by atoms with Crippen molar-refractivity contribution in [2.24, 2.45) is 0 Å². The molecule has 0 aliphatic carbocycles. The number of benzene rings is 1. The molecule has 120 valence electrons. The van der Waals surface area contributed by atoms with E-state index in [1.165, 1.54) is 0 Å². The molecule has 2 aromatic rings. The maximum absolute atomic E-state index is 12.2. The minimum atomic E-state index is 0.157. The molecule has 0 spiro atoms. The number of anilines is 2. The molecule has 0 saturated carbocycles. The number of hydrogen-bond acceptors (Lipinski definition) is 5. The van der Waals surface area contributed by atoms with E-state index in [1.807, 2.05) is 36.5 Å². The fraction of sp³-hybridized carbons (Fsp3) is 0.333. The van der Waals surface area contributed by atoms with Gasteiger partial charge in [-0.05, 0) is 24.3 Å². The topological polar surface area (TPSA) is 62.5 Å². The molecule has 1 aromatic carbocycles. The highest BCUT2D eigenvalue weighted by Crippen LogP contribution is 2.14. The standard InChI is InChI=1S/C18H22N4O/c19-16-5-3-4-15(14-16)17(23)7-9-21-10-12-22(13-11-21)18-6-1-2-8-20-18/h1-6,8,14H,7,9-13,19H2. The number of piperazine rings is 1. The number of nitrogens with two attached hydrogens (primary N) is 1. The molecule has 5 nitrogen and oxygen atoms in total. The van der Waals surface area contributed by atoms with Crippen molar-refractivity contribution in [3.8, 4) is 0 Å². The van der Waals surface area contributed by atoms with E-state index >= 15 is 0 Å². The average Bonchev–Trinajstić information content (AvgIpc) is 2.61. The smallest absolute Gasteiger partial charge is 0.164 e. The van der Waals surface area contributed by atoms with Crippen molar-refractivity contribution in [3.63, 3.8) is 0 Å². The van der Waals surface area contributed by atoms with E-state index in [1.54, 1.807) is 12.1 Å². The molecule has 1 aliphatic heterocycles. The van der Waals surface area contributed by atoms with Crippen LogP contribution in [0.3, 0.4) is 0 Å². The Morgan fingerprint density at radius 1 is 1.09 bits per heavy atom. The van der Waals surface area contributed by atoms with Gasteiger partial charge in [0, 0.05) is 56.6 Å². The maximum atomic E-state index is 12.2. The van der Waals surface area contributed by atoms with Crippen molar-refractivity contribution >= 4 is 17.3 Å². The van der Waals surface area contributed by atoms with E-state index in [9.17, 15) is 4.79 Å². The lowest BCUT2D eigenvalue weighted by molar-refractivity contribution is 0.0962. The third-order valence-corrected chi connectivity index (χ3v) is 4.21. The van der Waals surface area contributed by atoms with Gasteiger partial charge in [0.1, 0.15) is 5.82 Å². The summed E-state index contributed by atoms with van der Waals surface area (Å²) >= 11 is 0. The van der Waals surface area contributed by atoms with Gasteiger partial charge >= 0.3 is 0 Å². The van der Waals surface area contributed by atoms with Crippen molar-refractivity contribution in [2.75, 3.05) is 43.4 Å². The zero-order chi connectivity index (χ0) is 16.1. The van der Waals surface area contributed by atoms with Gasteiger partial charge in [0.25, 0.3) is 0 Å². The van der Waals surface area contributed by atoms with Gasteiger partial charge in [-0.15, -0.1) is 0 Å². The number of nitrogens with zero attached hydrogens (tertiary/aromatic N) is 3. The fourth-order valence-electron chi connectivity index (χ4n) is 2.86. The number of Topliss-reactive ketones (excluding diaryl/α,β-unsaturated/α-hetero) is 1. The second-order valence-electron chi connectivity index (χ2n) is 5.82. The van der Waals surface area contributed by atoms with Crippen molar-refractivity contribution in [1.82, 2.24) is 9.88 Å². The third kappa shape index (κ3) is 4.07. The average molecular weight is 310 g/mol. The molecule has 23 heavy (non-hydrogen) atoms. The second kappa shape index (κ2) is 7.24. The minimum Gasteiger partial charge on any atom is -0.399 e. The van der Waals surface area contributed by atoms with E-state index in [4.69, 9.17) is 5.73 Å². The molecular formula is C18H22N4O. The monoisotopic (exact) mass is 310 g/mol. The summed E-state index contributed by atoms with van der Waals surface area (Å²) < 4.78 is 0. The Labute approximate surface area is 136 Å². The summed E-state index contributed by atoms with van der Waals surface area (Å²) in [5.41, 5.74) is 7.08. The van der Waals surface area contributed by atoms with Crippen LogP contribution in [0.2, 0.25) is 0 Å². The number of pyridine rings is 1. The number of carbonyl (C=O) groups excluding carboxylic acids is 1. The van der Waals surface area contributed by atoms with Crippen molar-refractivity contribution in [3.05, 3.63) is 54.2 Å². The first-order valence-corrected chi connectivity index (χ1v) is 7.99. The van der Waals surface area contributed by atoms with Crippen molar-refractivity contribution < 1.29 is 4.79 Å². The summed E-state index contributed by atoms with van der Waals surface area (Å²) in [5, 5.41) is 0. The molecule has 1 fully saturated rings. The Bertz CT molecular complexity index is 651. The first-order chi connectivity index (χ1) is 11.2. The zero-order valence-corrected chi connectivity index (χ0v) is 13.2. The van der Waals surface area contributed by atoms with E-state index in [2.05, 4.69) is 14.8 Å². The van der Waals surface area contributed by atoms with E-state index in [0.717, 1.165) is 38.5 Å². The minimum absolute atomic E-state index is 0.157. The number of ketones is 1.